The largest absolute Gasteiger partial charge is 0.486 e. The van der Waals surface area contributed by atoms with Crippen LogP contribution in [0.15, 0.2) is 48.5 Å². The highest BCUT2D eigenvalue weighted by Crippen LogP contribution is 2.33. The van der Waals surface area contributed by atoms with Crippen LogP contribution in [0.3, 0.4) is 0 Å². The molecule has 7 heteroatoms. The summed E-state index contributed by atoms with van der Waals surface area (Å²) in [6.07, 6.45) is 0.385. The van der Waals surface area contributed by atoms with Gasteiger partial charge in [0.1, 0.15) is 18.8 Å². The Morgan fingerprint density at radius 3 is 2.50 bits per heavy atom. The van der Waals surface area contributed by atoms with Gasteiger partial charge < -0.3 is 14.8 Å². The quantitative estimate of drug-likeness (QED) is 0.636. The molecule has 2 aromatic carbocycles. The number of hydrogen-bond donors (Lipinski definition) is 1. The normalized spacial score (nSPS) is 20.8. The second-order valence-electron chi connectivity index (χ2n) is 6.73. The Morgan fingerprint density at radius 2 is 1.79 bits per heavy atom. The van der Waals surface area contributed by atoms with Crippen LogP contribution in [0.2, 0.25) is 0 Å². The lowest BCUT2D eigenvalue weighted by Crippen LogP contribution is -2.43. The minimum Gasteiger partial charge on any atom is -0.486 e. The van der Waals surface area contributed by atoms with Gasteiger partial charge in [-0.25, -0.2) is 4.79 Å². The Balaban J connectivity index is 1.57. The molecule has 1 unspecified atom stereocenters. The lowest BCUT2D eigenvalue weighted by atomic mass is 9.87. The first-order valence-electron chi connectivity index (χ1n) is 9.17. The molecule has 3 amide bonds. The summed E-state index contributed by atoms with van der Waals surface area (Å²) >= 11 is 0. The standard InChI is InChI=1S/C21H20N2O5/c1-2-21(15-6-4-3-5-7-15)19(25)23(20(26)22-21)13-16(24)14-8-9-17-18(12-14)28-11-10-27-17/h3-9,12H,2,10-11,13H2,1H3,(H,22,26). The van der Waals surface area contributed by atoms with Gasteiger partial charge in [-0.3, -0.25) is 14.5 Å². The number of nitrogens with zero attached hydrogens (tertiary/aromatic N) is 1. The highest BCUT2D eigenvalue weighted by molar-refractivity contribution is 6.11. The van der Waals surface area contributed by atoms with Crippen LogP contribution in [-0.4, -0.2) is 42.4 Å². The summed E-state index contributed by atoms with van der Waals surface area (Å²) in [4.78, 5) is 39.4. The number of carbonyl (C=O) groups is 3. The van der Waals surface area contributed by atoms with Crippen LogP contribution in [0, 0.1) is 0 Å². The van der Waals surface area contributed by atoms with Crippen molar-refractivity contribution in [2.45, 2.75) is 18.9 Å². The second kappa shape index (κ2) is 6.99. The van der Waals surface area contributed by atoms with Crippen LogP contribution < -0.4 is 14.8 Å². The van der Waals surface area contributed by atoms with E-state index in [2.05, 4.69) is 5.32 Å². The van der Waals surface area contributed by atoms with E-state index in [0.29, 0.717) is 42.3 Å². The average molecular weight is 380 g/mol. The summed E-state index contributed by atoms with van der Waals surface area (Å²) in [6, 6.07) is 13.4. The van der Waals surface area contributed by atoms with Crippen LogP contribution in [0.1, 0.15) is 29.3 Å². The SMILES string of the molecule is CCC1(c2ccccc2)NC(=O)N(CC(=O)c2ccc3c(c2)OCCO3)C1=O. The van der Waals surface area contributed by atoms with Gasteiger partial charge >= 0.3 is 6.03 Å². The average Bonchev–Trinajstić information content (AvgIpc) is 2.99. The van der Waals surface area contributed by atoms with Crippen molar-refractivity contribution in [1.82, 2.24) is 10.2 Å². The lowest BCUT2D eigenvalue weighted by Gasteiger charge is -2.25. The van der Waals surface area contributed by atoms with Crippen molar-refractivity contribution < 1.29 is 23.9 Å². The monoisotopic (exact) mass is 380 g/mol. The Morgan fingerprint density at radius 1 is 1.07 bits per heavy atom. The molecule has 144 valence electrons. The topological polar surface area (TPSA) is 84.9 Å². The summed E-state index contributed by atoms with van der Waals surface area (Å²) < 4.78 is 10.9. The first kappa shape index (κ1) is 18.0. The van der Waals surface area contributed by atoms with Crippen LogP contribution in [0.25, 0.3) is 0 Å². The molecule has 1 atom stereocenters. The molecule has 0 aliphatic carbocycles. The number of ether oxygens (including phenoxy) is 2. The van der Waals surface area contributed by atoms with Gasteiger partial charge in [-0.2, -0.15) is 0 Å². The zero-order valence-electron chi connectivity index (χ0n) is 15.4. The molecule has 2 aromatic rings. The van der Waals surface area contributed by atoms with Crippen molar-refractivity contribution in [2.75, 3.05) is 19.8 Å². The number of urea groups is 1. The number of rotatable bonds is 5. The minimum atomic E-state index is -1.15. The zero-order chi connectivity index (χ0) is 19.7. The number of ketones is 1. The van der Waals surface area contributed by atoms with Gasteiger partial charge in [-0.05, 0) is 30.2 Å². The number of Topliss-reactive ketones (excluding diaryl/α,β-unsaturated/α-hetero) is 1. The lowest BCUT2D eigenvalue weighted by molar-refractivity contribution is -0.131. The fourth-order valence-electron chi connectivity index (χ4n) is 3.58. The molecule has 1 N–H and O–H groups in total. The number of hydrogen-bond acceptors (Lipinski definition) is 5. The number of amides is 3. The molecule has 2 heterocycles. The van der Waals surface area contributed by atoms with Crippen LogP contribution >= 0.6 is 0 Å². The molecule has 7 nitrogen and oxygen atoms in total. The predicted octanol–water partition coefficient (Wildman–Crippen LogP) is 2.50. The maximum absolute atomic E-state index is 13.1. The number of imide groups is 1. The van der Waals surface area contributed by atoms with Gasteiger partial charge in [0.05, 0.1) is 6.54 Å². The van der Waals surface area contributed by atoms with E-state index in [0.717, 1.165) is 4.90 Å². The molecule has 4 rings (SSSR count). The summed E-state index contributed by atoms with van der Waals surface area (Å²) in [6.45, 7) is 2.37. The Kier molecular flexibility index (Phi) is 4.50. The van der Waals surface area contributed by atoms with E-state index in [9.17, 15) is 14.4 Å². The van der Waals surface area contributed by atoms with E-state index in [4.69, 9.17) is 9.47 Å². The number of carbonyl (C=O) groups excluding carboxylic acids is 3. The van der Waals surface area contributed by atoms with Crippen molar-refractivity contribution in [3.05, 3.63) is 59.7 Å². The van der Waals surface area contributed by atoms with E-state index in [1.165, 1.54) is 0 Å². The minimum absolute atomic E-state index is 0.334. The van der Waals surface area contributed by atoms with Crippen molar-refractivity contribution in [2.24, 2.45) is 0 Å². The third-order valence-corrected chi connectivity index (χ3v) is 5.14. The molecular weight excluding hydrogens is 360 g/mol. The molecule has 1 fully saturated rings. The Bertz CT molecular complexity index is 943. The van der Waals surface area contributed by atoms with Gasteiger partial charge in [-0.1, -0.05) is 37.3 Å². The molecule has 0 aromatic heterocycles. The molecule has 0 radical (unpaired) electrons. The highest BCUT2D eigenvalue weighted by atomic mass is 16.6. The Hall–Kier alpha value is -3.35. The summed E-state index contributed by atoms with van der Waals surface area (Å²) in [7, 11) is 0. The highest BCUT2D eigenvalue weighted by Gasteiger charge is 2.51. The van der Waals surface area contributed by atoms with E-state index in [1.54, 1.807) is 30.3 Å². The van der Waals surface area contributed by atoms with Crippen molar-refractivity contribution >= 4 is 17.7 Å². The molecule has 0 bridgehead atoms. The van der Waals surface area contributed by atoms with Crippen molar-refractivity contribution in [3.8, 4) is 11.5 Å². The molecule has 0 saturated carbocycles. The first-order chi connectivity index (χ1) is 13.5. The summed E-state index contributed by atoms with van der Waals surface area (Å²) in [5.41, 5.74) is -0.0884. The van der Waals surface area contributed by atoms with Gasteiger partial charge in [-0.15, -0.1) is 0 Å². The van der Waals surface area contributed by atoms with Gasteiger partial charge in [0.2, 0.25) is 0 Å². The maximum atomic E-state index is 13.1. The van der Waals surface area contributed by atoms with Gasteiger partial charge in [0.15, 0.2) is 17.3 Å². The summed E-state index contributed by atoms with van der Waals surface area (Å²) in [5, 5.41) is 2.78. The summed E-state index contributed by atoms with van der Waals surface area (Å²) in [5.74, 6) is 0.297. The van der Waals surface area contributed by atoms with E-state index < -0.39 is 17.5 Å². The Labute approximate surface area is 162 Å². The smallest absolute Gasteiger partial charge is 0.325 e. The van der Waals surface area contributed by atoms with E-state index >= 15 is 0 Å². The fourth-order valence-corrected chi connectivity index (χ4v) is 3.58. The fraction of sp³-hybridized carbons (Fsp3) is 0.286. The third kappa shape index (κ3) is 2.89. The van der Waals surface area contributed by atoms with Crippen LogP contribution in [0.4, 0.5) is 4.79 Å². The zero-order valence-corrected chi connectivity index (χ0v) is 15.4. The molecule has 28 heavy (non-hydrogen) atoms. The molecular formula is C21H20N2O5. The maximum Gasteiger partial charge on any atom is 0.325 e. The van der Waals surface area contributed by atoms with E-state index in [-0.39, 0.29) is 12.3 Å². The van der Waals surface area contributed by atoms with Crippen LogP contribution in [0.5, 0.6) is 11.5 Å². The van der Waals surface area contributed by atoms with Gasteiger partial charge in [0, 0.05) is 5.56 Å². The molecule has 2 aliphatic heterocycles. The molecule has 2 aliphatic rings. The van der Waals surface area contributed by atoms with E-state index in [1.807, 2.05) is 25.1 Å². The number of benzene rings is 2. The van der Waals surface area contributed by atoms with Gasteiger partial charge in [0.25, 0.3) is 5.91 Å². The third-order valence-electron chi connectivity index (χ3n) is 5.14. The molecule has 0 spiro atoms. The second-order valence-corrected chi connectivity index (χ2v) is 6.73. The predicted molar refractivity (Wildman–Crippen MR) is 100 cm³/mol. The number of fused-ring (bicyclic) bond motifs is 1. The number of nitrogens with one attached hydrogen (secondary N) is 1. The first-order valence-corrected chi connectivity index (χ1v) is 9.17. The van der Waals surface area contributed by atoms with Crippen molar-refractivity contribution in [3.63, 3.8) is 0 Å². The van der Waals surface area contributed by atoms with Crippen molar-refractivity contribution in [1.29, 1.82) is 0 Å². The molecule has 1 saturated heterocycles. The van der Waals surface area contributed by atoms with Crippen LogP contribution in [-0.2, 0) is 10.3 Å².